The fourth-order valence-electron chi connectivity index (χ4n) is 2.18. The molecule has 0 radical (unpaired) electrons. The van der Waals surface area contributed by atoms with Crippen molar-refractivity contribution in [3.63, 3.8) is 0 Å². The average Bonchev–Trinajstić information content (AvgIpc) is 2.97. The average molecular weight is 373 g/mol. The number of benzene rings is 2. The van der Waals surface area contributed by atoms with Gasteiger partial charge in [0.1, 0.15) is 22.5 Å². The van der Waals surface area contributed by atoms with Gasteiger partial charge in [0.2, 0.25) is 0 Å². The first-order chi connectivity index (χ1) is 12.0. The molecule has 0 unspecified atom stereocenters. The molecule has 0 N–H and O–H groups in total. The van der Waals surface area contributed by atoms with Crippen LogP contribution >= 0.6 is 23.5 Å². The third-order valence-electron chi connectivity index (χ3n) is 3.60. The van der Waals surface area contributed by atoms with Crippen LogP contribution in [-0.4, -0.2) is 16.5 Å². The highest BCUT2D eigenvalue weighted by atomic mass is 32.2. The van der Waals surface area contributed by atoms with E-state index in [0.717, 1.165) is 15.5 Å². The predicted octanol–water partition coefficient (Wildman–Crippen LogP) is 5.05. The molecular weight excluding hydrogens is 357 g/mol. The predicted molar refractivity (Wildman–Crippen MR) is 103 cm³/mol. The second-order valence-electron chi connectivity index (χ2n) is 5.44. The maximum Gasteiger partial charge on any atom is 0.285 e. The van der Waals surface area contributed by atoms with Crippen LogP contribution in [0.1, 0.15) is 16.7 Å². The van der Waals surface area contributed by atoms with Gasteiger partial charge in [-0.3, -0.25) is 4.79 Å². The van der Waals surface area contributed by atoms with Crippen LogP contribution in [0.15, 0.2) is 52.4 Å². The number of hydrogen-bond donors (Lipinski definition) is 0. The van der Waals surface area contributed by atoms with Gasteiger partial charge in [0, 0.05) is 0 Å². The highest BCUT2D eigenvalue weighted by molar-refractivity contribution is 8.40. The molecule has 3 nitrogen and oxygen atoms in total. The lowest BCUT2D eigenvalue weighted by molar-refractivity contribution is -0.113. The van der Waals surface area contributed by atoms with Crippen LogP contribution in [0.4, 0.5) is 4.39 Å². The van der Waals surface area contributed by atoms with Crippen molar-refractivity contribution in [2.75, 3.05) is 6.26 Å². The SMILES string of the molecule is CSC1=NC(=O)/C(=C/c2ccc(OCc3ccc(C)c(F)c3)cc2)S1. The number of carbonyl (C=O) groups excluding carboxylic acids is 1. The molecule has 0 saturated carbocycles. The standard InChI is InChI=1S/C19H16FNO2S2/c1-12-3-4-14(9-16(12)20)11-23-15-7-5-13(6-8-15)10-17-18(22)21-19(24-2)25-17/h3-10H,11H2,1-2H3/b17-10-. The molecule has 1 amide bonds. The Balaban J connectivity index is 1.63. The van der Waals surface area contributed by atoms with Crippen molar-refractivity contribution in [2.45, 2.75) is 13.5 Å². The zero-order valence-electron chi connectivity index (χ0n) is 13.8. The van der Waals surface area contributed by atoms with Crippen LogP contribution in [0.25, 0.3) is 6.08 Å². The quantitative estimate of drug-likeness (QED) is 0.703. The van der Waals surface area contributed by atoms with Gasteiger partial charge in [0.25, 0.3) is 5.91 Å². The van der Waals surface area contributed by atoms with Crippen LogP contribution in [0.2, 0.25) is 0 Å². The summed E-state index contributed by atoms with van der Waals surface area (Å²) in [5.74, 6) is 0.263. The van der Waals surface area contributed by atoms with E-state index >= 15 is 0 Å². The summed E-state index contributed by atoms with van der Waals surface area (Å²) < 4.78 is 20.0. The molecule has 3 rings (SSSR count). The number of thioether (sulfide) groups is 2. The molecule has 6 heteroatoms. The molecule has 0 bridgehead atoms. The number of aryl methyl sites for hydroxylation is 1. The lowest BCUT2D eigenvalue weighted by atomic mass is 10.1. The summed E-state index contributed by atoms with van der Waals surface area (Å²) in [6.07, 6.45) is 3.72. The van der Waals surface area contributed by atoms with Gasteiger partial charge in [-0.2, -0.15) is 4.99 Å². The largest absolute Gasteiger partial charge is 0.489 e. The van der Waals surface area contributed by atoms with E-state index in [2.05, 4.69) is 4.99 Å². The normalized spacial score (nSPS) is 15.6. The van der Waals surface area contributed by atoms with Gasteiger partial charge in [-0.1, -0.05) is 36.0 Å². The van der Waals surface area contributed by atoms with E-state index in [-0.39, 0.29) is 11.7 Å². The van der Waals surface area contributed by atoms with E-state index in [9.17, 15) is 9.18 Å². The first kappa shape index (κ1) is 17.8. The van der Waals surface area contributed by atoms with Gasteiger partial charge >= 0.3 is 0 Å². The highest BCUT2D eigenvalue weighted by Gasteiger charge is 2.20. The van der Waals surface area contributed by atoms with E-state index in [4.69, 9.17) is 4.74 Å². The zero-order valence-corrected chi connectivity index (χ0v) is 15.4. The Kier molecular flexibility index (Phi) is 5.60. The Hall–Kier alpha value is -2.05. The summed E-state index contributed by atoms with van der Waals surface area (Å²) in [6, 6.07) is 12.5. The van der Waals surface area contributed by atoms with Gasteiger partial charge in [0.05, 0.1) is 4.91 Å². The summed E-state index contributed by atoms with van der Waals surface area (Å²) in [5.41, 5.74) is 2.31. The lowest BCUT2D eigenvalue weighted by Crippen LogP contribution is -1.97. The number of carbonyl (C=O) groups is 1. The molecule has 2 aromatic carbocycles. The van der Waals surface area contributed by atoms with Crippen molar-refractivity contribution < 1.29 is 13.9 Å². The molecule has 2 aromatic rings. The molecule has 128 valence electrons. The number of rotatable bonds is 4. The number of halogens is 1. The Bertz CT molecular complexity index is 860. The summed E-state index contributed by atoms with van der Waals surface area (Å²) in [4.78, 5) is 16.4. The summed E-state index contributed by atoms with van der Waals surface area (Å²) in [7, 11) is 0. The minimum absolute atomic E-state index is 0.198. The first-order valence-electron chi connectivity index (χ1n) is 7.59. The fourth-order valence-corrected chi connectivity index (χ4v) is 3.60. The van der Waals surface area contributed by atoms with E-state index in [1.165, 1.54) is 29.6 Å². The van der Waals surface area contributed by atoms with Crippen LogP contribution < -0.4 is 4.74 Å². The Labute approximate surface area is 154 Å². The first-order valence-corrected chi connectivity index (χ1v) is 9.64. The molecule has 25 heavy (non-hydrogen) atoms. The van der Waals surface area contributed by atoms with Crippen LogP contribution in [0.5, 0.6) is 5.75 Å². The molecule has 1 aliphatic heterocycles. The van der Waals surface area contributed by atoms with Gasteiger partial charge in [-0.05, 0) is 54.1 Å². The minimum Gasteiger partial charge on any atom is -0.489 e. The number of aliphatic imine (C=N–C) groups is 1. The molecular formula is C19H16FNO2S2. The Morgan fingerprint density at radius 2 is 2.00 bits per heavy atom. The Morgan fingerprint density at radius 1 is 1.24 bits per heavy atom. The topological polar surface area (TPSA) is 38.7 Å². The monoisotopic (exact) mass is 373 g/mol. The van der Waals surface area contributed by atoms with Crippen molar-refractivity contribution >= 4 is 39.9 Å². The van der Waals surface area contributed by atoms with Crippen molar-refractivity contribution in [2.24, 2.45) is 4.99 Å². The molecule has 0 aromatic heterocycles. The lowest BCUT2D eigenvalue weighted by Gasteiger charge is -2.07. The van der Waals surface area contributed by atoms with E-state index in [1.54, 1.807) is 13.0 Å². The van der Waals surface area contributed by atoms with Crippen LogP contribution in [0, 0.1) is 12.7 Å². The van der Waals surface area contributed by atoms with Gasteiger partial charge in [-0.25, -0.2) is 4.39 Å². The van der Waals surface area contributed by atoms with Crippen LogP contribution in [0.3, 0.4) is 0 Å². The molecule has 0 aliphatic carbocycles. The molecule has 0 fully saturated rings. The van der Waals surface area contributed by atoms with E-state index < -0.39 is 0 Å². The second kappa shape index (κ2) is 7.89. The van der Waals surface area contributed by atoms with Crippen molar-refractivity contribution in [3.05, 3.63) is 69.9 Å². The molecule has 1 aliphatic rings. The Morgan fingerprint density at radius 3 is 2.64 bits per heavy atom. The third-order valence-corrected chi connectivity index (χ3v) is 5.56. The highest BCUT2D eigenvalue weighted by Crippen LogP contribution is 2.32. The summed E-state index contributed by atoms with van der Waals surface area (Å²) in [6.45, 7) is 2.03. The van der Waals surface area contributed by atoms with Gasteiger partial charge in [0.15, 0.2) is 0 Å². The number of nitrogens with zero attached hydrogens (tertiary/aromatic N) is 1. The van der Waals surface area contributed by atoms with Gasteiger partial charge in [-0.15, -0.1) is 11.8 Å². The third kappa shape index (κ3) is 4.52. The molecule has 0 saturated heterocycles. The van der Waals surface area contributed by atoms with Crippen molar-refractivity contribution in [1.29, 1.82) is 0 Å². The number of hydrogen-bond acceptors (Lipinski definition) is 4. The van der Waals surface area contributed by atoms with E-state index in [1.807, 2.05) is 42.7 Å². The zero-order chi connectivity index (χ0) is 17.8. The van der Waals surface area contributed by atoms with E-state index in [0.29, 0.717) is 22.8 Å². The van der Waals surface area contributed by atoms with Crippen molar-refractivity contribution in [1.82, 2.24) is 0 Å². The second-order valence-corrected chi connectivity index (χ2v) is 7.52. The van der Waals surface area contributed by atoms with Crippen LogP contribution in [-0.2, 0) is 11.4 Å². The molecule has 1 heterocycles. The smallest absolute Gasteiger partial charge is 0.285 e. The number of ether oxygens (including phenoxy) is 1. The summed E-state index contributed by atoms with van der Waals surface area (Å²) >= 11 is 2.85. The maximum atomic E-state index is 13.5. The number of amides is 1. The van der Waals surface area contributed by atoms with Gasteiger partial charge < -0.3 is 4.74 Å². The molecule has 0 atom stereocenters. The maximum absolute atomic E-state index is 13.5. The summed E-state index contributed by atoms with van der Waals surface area (Å²) in [5, 5.41) is 0. The minimum atomic E-state index is -0.228. The fraction of sp³-hybridized carbons (Fsp3) is 0.158. The molecule has 0 spiro atoms. The van der Waals surface area contributed by atoms with Crippen molar-refractivity contribution in [3.8, 4) is 5.75 Å².